The van der Waals surface area contributed by atoms with Crippen molar-refractivity contribution >= 4 is 15.9 Å². The standard InChI is InChI=1S/C14H11BrN2O3/c15-12-6-13(17-14(16-12)8-1-2-8)20-9-3-4-10-11(5-9)19-7-18-10/h3-6,8H,1-2,7H2. The SMILES string of the molecule is Brc1cc(Oc2ccc3c(c2)OCO3)nc(C2CC2)n1. The minimum absolute atomic E-state index is 0.254. The molecule has 0 N–H and O–H groups in total. The lowest BCUT2D eigenvalue weighted by Gasteiger charge is -2.07. The molecule has 0 bridgehead atoms. The summed E-state index contributed by atoms with van der Waals surface area (Å²) >= 11 is 3.40. The Morgan fingerprint density at radius 1 is 1.10 bits per heavy atom. The highest BCUT2D eigenvalue weighted by molar-refractivity contribution is 9.10. The fourth-order valence-electron chi connectivity index (χ4n) is 2.05. The molecule has 0 spiro atoms. The Kier molecular flexibility index (Phi) is 2.77. The zero-order valence-corrected chi connectivity index (χ0v) is 12.1. The van der Waals surface area contributed by atoms with Crippen LogP contribution in [-0.2, 0) is 0 Å². The van der Waals surface area contributed by atoms with Gasteiger partial charge in [-0.3, -0.25) is 0 Å². The van der Waals surface area contributed by atoms with E-state index in [9.17, 15) is 0 Å². The van der Waals surface area contributed by atoms with Gasteiger partial charge in [0.2, 0.25) is 12.7 Å². The molecule has 0 radical (unpaired) electrons. The third kappa shape index (κ3) is 2.31. The fourth-order valence-corrected chi connectivity index (χ4v) is 2.43. The predicted octanol–water partition coefficient (Wildman–Crippen LogP) is 3.64. The fraction of sp³-hybridized carbons (Fsp3) is 0.286. The molecule has 1 saturated carbocycles. The van der Waals surface area contributed by atoms with Crippen molar-refractivity contribution in [1.82, 2.24) is 9.97 Å². The highest BCUT2D eigenvalue weighted by atomic mass is 79.9. The Morgan fingerprint density at radius 2 is 1.95 bits per heavy atom. The van der Waals surface area contributed by atoms with Crippen LogP contribution in [-0.4, -0.2) is 16.8 Å². The van der Waals surface area contributed by atoms with E-state index in [4.69, 9.17) is 14.2 Å². The third-order valence-corrected chi connectivity index (χ3v) is 3.60. The van der Waals surface area contributed by atoms with E-state index in [-0.39, 0.29) is 6.79 Å². The zero-order valence-electron chi connectivity index (χ0n) is 10.5. The molecule has 1 fully saturated rings. The van der Waals surface area contributed by atoms with E-state index in [2.05, 4.69) is 25.9 Å². The molecule has 2 aromatic rings. The third-order valence-electron chi connectivity index (χ3n) is 3.20. The van der Waals surface area contributed by atoms with Crippen molar-refractivity contribution in [2.24, 2.45) is 0 Å². The Labute approximate surface area is 124 Å². The van der Waals surface area contributed by atoms with E-state index in [0.29, 0.717) is 23.3 Å². The molecule has 1 aromatic carbocycles. The number of hydrogen-bond donors (Lipinski definition) is 0. The van der Waals surface area contributed by atoms with Gasteiger partial charge in [-0.1, -0.05) is 0 Å². The molecule has 0 amide bonds. The zero-order chi connectivity index (χ0) is 13.5. The highest BCUT2D eigenvalue weighted by Crippen LogP contribution is 2.40. The average Bonchev–Trinajstić information content (AvgIpc) is 3.17. The van der Waals surface area contributed by atoms with Crippen LogP contribution in [0, 0.1) is 0 Å². The number of fused-ring (bicyclic) bond motifs is 1. The van der Waals surface area contributed by atoms with E-state index in [1.807, 2.05) is 12.1 Å². The van der Waals surface area contributed by atoms with Gasteiger partial charge in [0, 0.05) is 18.1 Å². The van der Waals surface area contributed by atoms with Gasteiger partial charge in [0.15, 0.2) is 11.5 Å². The van der Waals surface area contributed by atoms with Crippen molar-refractivity contribution in [3.8, 4) is 23.1 Å². The Bertz CT molecular complexity index is 673. The van der Waals surface area contributed by atoms with Crippen LogP contribution in [0.1, 0.15) is 24.6 Å². The molecule has 1 aliphatic carbocycles. The van der Waals surface area contributed by atoms with Gasteiger partial charge < -0.3 is 14.2 Å². The summed E-state index contributed by atoms with van der Waals surface area (Å²) in [6.07, 6.45) is 2.31. The summed E-state index contributed by atoms with van der Waals surface area (Å²) in [6, 6.07) is 7.22. The second kappa shape index (κ2) is 4.63. The number of benzene rings is 1. The van der Waals surface area contributed by atoms with Gasteiger partial charge in [-0.05, 0) is 40.9 Å². The highest BCUT2D eigenvalue weighted by Gasteiger charge is 2.27. The summed E-state index contributed by atoms with van der Waals surface area (Å²) in [6.45, 7) is 0.254. The number of nitrogens with zero attached hydrogens (tertiary/aromatic N) is 2. The summed E-state index contributed by atoms with van der Waals surface area (Å²) in [5.74, 6) is 3.95. The van der Waals surface area contributed by atoms with Gasteiger partial charge in [-0.15, -0.1) is 0 Å². The molecule has 4 rings (SSSR count). The molecule has 2 heterocycles. The maximum Gasteiger partial charge on any atom is 0.231 e. The molecule has 6 heteroatoms. The molecule has 0 saturated heterocycles. The minimum Gasteiger partial charge on any atom is -0.454 e. The summed E-state index contributed by atoms with van der Waals surface area (Å²) in [7, 11) is 0. The van der Waals surface area contributed by atoms with Crippen molar-refractivity contribution in [2.45, 2.75) is 18.8 Å². The van der Waals surface area contributed by atoms with Gasteiger partial charge in [-0.2, -0.15) is 4.98 Å². The van der Waals surface area contributed by atoms with Crippen molar-refractivity contribution in [2.75, 3.05) is 6.79 Å². The number of hydrogen-bond acceptors (Lipinski definition) is 5. The summed E-state index contributed by atoms with van der Waals surface area (Å²) in [5, 5.41) is 0. The van der Waals surface area contributed by atoms with Crippen molar-refractivity contribution in [1.29, 1.82) is 0 Å². The van der Waals surface area contributed by atoms with Crippen molar-refractivity contribution in [3.05, 3.63) is 34.7 Å². The summed E-state index contributed by atoms with van der Waals surface area (Å²) in [5.41, 5.74) is 0. The predicted molar refractivity (Wildman–Crippen MR) is 74.3 cm³/mol. The second-order valence-electron chi connectivity index (χ2n) is 4.78. The topological polar surface area (TPSA) is 53.5 Å². The van der Waals surface area contributed by atoms with Crippen LogP contribution >= 0.6 is 15.9 Å². The van der Waals surface area contributed by atoms with Gasteiger partial charge in [-0.25, -0.2) is 4.98 Å². The quantitative estimate of drug-likeness (QED) is 0.802. The van der Waals surface area contributed by atoms with Crippen LogP contribution in [0.5, 0.6) is 23.1 Å². The Balaban J connectivity index is 1.62. The first kappa shape index (κ1) is 12.0. The molecular weight excluding hydrogens is 324 g/mol. The lowest BCUT2D eigenvalue weighted by molar-refractivity contribution is 0.174. The maximum absolute atomic E-state index is 5.79. The molecule has 5 nitrogen and oxygen atoms in total. The largest absolute Gasteiger partial charge is 0.454 e. The van der Waals surface area contributed by atoms with Crippen LogP contribution in [0.3, 0.4) is 0 Å². The first-order valence-electron chi connectivity index (χ1n) is 6.40. The smallest absolute Gasteiger partial charge is 0.231 e. The normalized spacial score (nSPS) is 16.2. The maximum atomic E-state index is 5.79. The lowest BCUT2D eigenvalue weighted by atomic mass is 10.3. The van der Waals surface area contributed by atoms with E-state index in [0.717, 1.165) is 29.0 Å². The van der Waals surface area contributed by atoms with Crippen LogP contribution in [0.2, 0.25) is 0 Å². The van der Waals surface area contributed by atoms with Gasteiger partial charge >= 0.3 is 0 Å². The molecular formula is C14H11BrN2O3. The molecule has 20 heavy (non-hydrogen) atoms. The van der Waals surface area contributed by atoms with Gasteiger partial charge in [0.05, 0.1) is 0 Å². The average molecular weight is 335 g/mol. The molecule has 1 aromatic heterocycles. The van der Waals surface area contributed by atoms with Crippen molar-refractivity contribution < 1.29 is 14.2 Å². The molecule has 0 atom stereocenters. The molecule has 102 valence electrons. The first-order valence-corrected chi connectivity index (χ1v) is 7.19. The second-order valence-corrected chi connectivity index (χ2v) is 5.59. The number of halogens is 1. The lowest BCUT2D eigenvalue weighted by Crippen LogP contribution is -1.96. The van der Waals surface area contributed by atoms with E-state index in [1.165, 1.54) is 0 Å². The monoisotopic (exact) mass is 334 g/mol. The molecule has 1 aliphatic heterocycles. The van der Waals surface area contributed by atoms with Crippen LogP contribution in [0.4, 0.5) is 0 Å². The minimum atomic E-state index is 0.254. The van der Waals surface area contributed by atoms with Gasteiger partial charge in [0.1, 0.15) is 16.2 Å². The van der Waals surface area contributed by atoms with E-state index in [1.54, 1.807) is 12.1 Å². The number of aromatic nitrogens is 2. The Morgan fingerprint density at radius 3 is 2.80 bits per heavy atom. The number of rotatable bonds is 3. The molecule has 0 unspecified atom stereocenters. The van der Waals surface area contributed by atoms with Crippen LogP contribution < -0.4 is 14.2 Å². The Hall–Kier alpha value is -1.82. The van der Waals surface area contributed by atoms with Crippen molar-refractivity contribution in [3.63, 3.8) is 0 Å². The molecule has 2 aliphatic rings. The van der Waals surface area contributed by atoms with E-state index >= 15 is 0 Å². The van der Waals surface area contributed by atoms with Crippen LogP contribution in [0.25, 0.3) is 0 Å². The number of ether oxygens (including phenoxy) is 3. The van der Waals surface area contributed by atoms with Crippen LogP contribution in [0.15, 0.2) is 28.9 Å². The summed E-state index contributed by atoms with van der Waals surface area (Å²) < 4.78 is 17.1. The van der Waals surface area contributed by atoms with Gasteiger partial charge in [0.25, 0.3) is 0 Å². The van der Waals surface area contributed by atoms with E-state index < -0.39 is 0 Å². The summed E-state index contributed by atoms with van der Waals surface area (Å²) in [4.78, 5) is 8.83. The first-order chi connectivity index (χ1) is 9.78.